The van der Waals surface area contributed by atoms with Crippen LogP contribution in [0.25, 0.3) is 11.1 Å². The molecule has 0 aliphatic carbocycles. The molecule has 4 aromatic rings. The molecule has 0 atom stereocenters. The molecule has 0 unspecified atom stereocenters. The Kier molecular flexibility index (Phi) is 9.84. The lowest BCUT2D eigenvalue weighted by molar-refractivity contribution is -0.385. The van der Waals surface area contributed by atoms with E-state index in [-0.39, 0.29) is 22.5 Å². The lowest BCUT2D eigenvalue weighted by Crippen LogP contribution is -1.97. The number of nitro benzene ring substituents is 2. The van der Waals surface area contributed by atoms with Crippen molar-refractivity contribution < 1.29 is 29.6 Å². The molecule has 12 nitrogen and oxygen atoms in total. The first-order chi connectivity index (χ1) is 17.2. The molecule has 2 aromatic heterocycles. The van der Waals surface area contributed by atoms with E-state index in [1.807, 2.05) is 24.3 Å². The normalized spacial score (nSPS) is 9.44. The molecule has 2 aromatic carbocycles. The summed E-state index contributed by atoms with van der Waals surface area (Å²) in [6, 6.07) is 17.7. The zero-order chi connectivity index (χ0) is 26.5. The summed E-state index contributed by atoms with van der Waals surface area (Å²) in [4.78, 5) is 47.7. The van der Waals surface area contributed by atoms with E-state index in [4.69, 9.17) is 10.2 Å². The maximum atomic E-state index is 10.4. The fraction of sp³-hybridized carbons (Fsp3) is 0. The summed E-state index contributed by atoms with van der Waals surface area (Å²) in [7, 11) is 0. The number of aromatic nitrogens is 2. The fourth-order valence-electron chi connectivity index (χ4n) is 2.59. The van der Waals surface area contributed by atoms with Gasteiger partial charge < -0.3 is 10.2 Å². The molecular formula is C24H18N4O8. The fourth-order valence-corrected chi connectivity index (χ4v) is 2.59. The van der Waals surface area contributed by atoms with Gasteiger partial charge in [-0.25, -0.2) is 9.59 Å². The van der Waals surface area contributed by atoms with E-state index in [1.165, 1.54) is 47.5 Å². The largest absolute Gasteiger partial charge is 0.478 e. The highest BCUT2D eigenvalue weighted by atomic mass is 16.6. The highest BCUT2D eigenvalue weighted by Gasteiger charge is 2.10. The first-order valence-corrected chi connectivity index (χ1v) is 9.95. The minimum Gasteiger partial charge on any atom is -0.478 e. The molecule has 0 amide bonds. The van der Waals surface area contributed by atoms with Gasteiger partial charge in [-0.05, 0) is 47.5 Å². The van der Waals surface area contributed by atoms with Crippen LogP contribution in [0.5, 0.6) is 0 Å². The van der Waals surface area contributed by atoms with Crippen LogP contribution in [0.3, 0.4) is 0 Å². The maximum Gasteiger partial charge on any atom is 0.335 e. The van der Waals surface area contributed by atoms with Gasteiger partial charge in [-0.1, -0.05) is 12.1 Å². The number of benzene rings is 2. The van der Waals surface area contributed by atoms with Crippen LogP contribution >= 0.6 is 0 Å². The molecule has 0 saturated heterocycles. The molecule has 0 radical (unpaired) electrons. The van der Waals surface area contributed by atoms with Gasteiger partial charge in [-0.15, -0.1) is 0 Å². The highest BCUT2D eigenvalue weighted by Crippen LogP contribution is 2.16. The topological polar surface area (TPSA) is 187 Å². The zero-order valence-electron chi connectivity index (χ0n) is 18.4. The molecule has 0 aliphatic rings. The smallest absolute Gasteiger partial charge is 0.335 e. The summed E-state index contributed by atoms with van der Waals surface area (Å²) in [6.45, 7) is 0. The number of hydrogen-bond donors (Lipinski definition) is 2. The van der Waals surface area contributed by atoms with Gasteiger partial charge in [-0.3, -0.25) is 30.2 Å². The van der Waals surface area contributed by atoms with E-state index in [9.17, 15) is 29.8 Å². The number of pyridine rings is 2. The molecule has 36 heavy (non-hydrogen) atoms. The standard InChI is InChI=1S/C10H8N2.2C7H5NO4/c1-5-11-6-2-9(1)10-3-7-12-8-4-10;2*9-7(10)5-2-1-3-6(4-5)8(11)12/h1-8H;2*1-4H,(H,9,10). The molecule has 0 fully saturated rings. The Morgan fingerprint density at radius 3 is 1.22 bits per heavy atom. The lowest BCUT2D eigenvalue weighted by Gasteiger charge is -1.97. The van der Waals surface area contributed by atoms with Crippen LogP contribution in [-0.4, -0.2) is 42.0 Å². The SMILES string of the molecule is O=C(O)c1cccc([N+](=O)[O-])c1.O=C(O)c1cccc([N+](=O)[O-])c1.c1cc(-c2ccncc2)ccn1. The van der Waals surface area contributed by atoms with Crippen LogP contribution in [-0.2, 0) is 0 Å². The van der Waals surface area contributed by atoms with E-state index < -0.39 is 21.8 Å². The average molecular weight is 490 g/mol. The number of non-ortho nitro benzene ring substituents is 2. The van der Waals surface area contributed by atoms with Crippen LogP contribution in [0.15, 0.2) is 97.6 Å². The Balaban J connectivity index is 0.000000190. The second-order valence-corrected chi connectivity index (χ2v) is 6.70. The molecule has 182 valence electrons. The van der Waals surface area contributed by atoms with Crippen molar-refractivity contribution in [2.75, 3.05) is 0 Å². The van der Waals surface area contributed by atoms with Gasteiger partial charge in [0.15, 0.2) is 0 Å². The van der Waals surface area contributed by atoms with Crippen molar-refractivity contribution in [3.63, 3.8) is 0 Å². The van der Waals surface area contributed by atoms with Gasteiger partial charge in [0.1, 0.15) is 0 Å². The Morgan fingerprint density at radius 2 is 0.944 bits per heavy atom. The number of rotatable bonds is 5. The zero-order valence-corrected chi connectivity index (χ0v) is 18.4. The molecule has 2 heterocycles. The number of carbonyl (C=O) groups is 2. The molecular weight excluding hydrogens is 472 g/mol. The summed E-state index contributed by atoms with van der Waals surface area (Å²) in [5.74, 6) is -2.34. The van der Waals surface area contributed by atoms with E-state index in [1.54, 1.807) is 24.8 Å². The van der Waals surface area contributed by atoms with Crippen molar-refractivity contribution in [1.29, 1.82) is 0 Å². The lowest BCUT2D eigenvalue weighted by atomic mass is 10.1. The van der Waals surface area contributed by atoms with Crippen LogP contribution in [0, 0.1) is 20.2 Å². The number of nitro groups is 2. The Hall–Kier alpha value is -5.52. The number of hydrogen-bond acceptors (Lipinski definition) is 8. The van der Waals surface area contributed by atoms with Gasteiger partial charge >= 0.3 is 11.9 Å². The number of nitrogens with zero attached hydrogens (tertiary/aromatic N) is 4. The van der Waals surface area contributed by atoms with Crippen molar-refractivity contribution >= 4 is 23.3 Å². The van der Waals surface area contributed by atoms with Crippen molar-refractivity contribution in [2.45, 2.75) is 0 Å². The van der Waals surface area contributed by atoms with E-state index in [0.717, 1.165) is 12.1 Å². The van der Waals surface area contributed by atoms with Gasteiger partial charge in [-0.2, -0.15) is 0 Å². The monoisotopic (exact) mass is 490 g/mol. The summed E-state index contributed by atoms with van der Waals surface area (Å²) >= 11 is 0. The van der Waals surface area contributed by atoms with E-state index in [0.29, 0.717) is 0 Å². The molecule has 12 heteroatoms. The summed E-state index contributed by atoms with van der Waals surface area (Å²) in [6.07, 6.45) is 7.15. The van der Waals surface area contributed by atoms with Gasteiger partial charge in [0.25, 0.3) is 11.4 Å². The maximum absolute atomic E-state index is 10.4. The second kappa shape index (κ2) is 13.3. The first kappa shape index (κ1) is 26.7. The van der Waals surface area contributed by atoms with Crippen LogP contribution < -0.4 is 0 Å². The molecule has 0 aliphatic heterocycles. The van der Waals surface area contributed by atoms with Gasteiger partial charge in [0.2, 0.25) is 0 Å². The second-order valence-electron chi connectivity index (χ2n) is 6.70. The van der Waals surface area contributed by atoms with Crippen molar-refractivity contribution in [2.24, 2.45) is 0 Å². The Bertz CT molecular complexity index is 1190. The third kappa shape index (κ3) is 8.44. The molecule has 0 bridgehead atoms. The third-order valence-corrected chi connectivity index (χ3v) is 4.30. The predicted molar refractivity (Wildman–Crippen MR) is 128 cm³/mol. The minimum absolute atomic E-state index is 0.0794. The van der Waals surface area contributed by atoms with E-state index in [2.05, 4.69) is 9.97 Å². The average Bonchev–Trinajstić information content (AvgIpc) is 2.90. The summed E-state index contributed by atoms with van der Waals surface area (Å²) < 4.78 is 0. The minimum atomic E-state index is -1.17. The predicted octanol–water partition coefficient (Wildman–Crippen LogP) is 4.73. The quantitative estimate of drug-likeness (QED) is 0.292. The number of aromatic carboxylic acids is 2. The van der Waals surface area contributed by atoms with Gasteiger partial charge in [0, 0.05) is 49.1 Å². The van der Waals surface area contributed by atoms with Crippen molar-refractivity contribution in [3.8, 4) is 11.1 Å². The van der Waals surface area contributed by atoms with Crippen LogP contribution in [0.4, 0.5) is 11.4 Å². The third-order valence-electron chi connectivity index (χ3n) is 4.30. The number of carboxylic acid groups (broad SMARTS) is 2. The van der Waals surface area contributed by atoms with Gasteiger partial charge in [0.05, 0.1) is 21.0 Å². The van der Waals surface area contributed by atoms with Crippen molar-refractivity contribution in [1.82, 2.24) is 9.97 Å². The molecule has 0 saturated carbocycles. The summed E-state index contributed by atoms with van der Waals surface area (Å²) in [5, 5.41) is 37.3. The summed E-state index contributed by atoms with van der Waals surface area (Å²) in [5.41, 5.74) is 1.76. The molecule has 0 spiro atoms. The van der Waals surface area contributed by atoms with Crippen LogP contribution in [0.1, 0.15) is 20.7 Å². The van der Waals surface area contributed by atoms with E-state index >= 15 is 0 Å². The first-order valence-electron chi connectivity index (χ1n) is 9.95. The number of carboxylic acids is 2. The van der Waals surface area contributed by atoms with Crippen molar-refractivity contribution in [3.05, 3.63) is 129 Å². The Labute approximate surface area is 203 Å². The highest BCUT2D eigenvalue weighted by molar-refractivity contribution is 5.88. The van der Waals surface area contributed by atoms with Crippen LogP contribution in [0.2, 0.25) is 0 Å². The molecule has 2 N–H and O–H groups in total. The molecule has 4 rings (SSSR count). The Morgan fingerprint density at radius 1 is 0.611 bits per heavy atom.